The van der Waals surface area contributed by atoms with Crippen LogP contribution >= 0.6 is 29.2 Å². The predicted molar refractivity (Wildman–Crippen MR) is 104 cm³/mol. The van der Waals surface area contributed by atoms with Crippen molar-refractivity contribution in [3.05, 3.63) is 28.3 Å². The number of nitro benzene ring substituents is 1. The summed E-state index contributed by atoms with van der Waals surface area (Å²) < 4.78 is 5.22. The highest BCUT2D eigenvalue weighted by molar-refractivity contribution is 8.93. The summed E-state index contributed by atoms with van der Waals surface area (Å²) in [6.45, 7) is 7.03. The number of nitrogens with zero attached hydrogens (tertiary/aromatic N) is 3. The maximum atomic E-state index is 10.8. The zero-order valence-electron chi connectivity index (χ0n) is 13.9. The Morgan fingerprint density at radius 3 is 2.58 bits per heavy atom. The fraction of sp³-hybridized carbons (Fsp3) is 0.533. The summed E-state index contributed by atoms with van der Waals surface area (Å²) in [6, 6.07) is 4.45. The molecule has 1 saturated heterocycles. The number of ether oxygens (including phenoxy) is 1. The second-order valence-corrected chi connectivity index (χ2v) is 5.79. The van der Waals surface area contributed by atoms with Crippen LogP contribution in [-0.4, -0.2) is 59.7 Å². The summed E-state index contributed by atoms with van der Waals surface area (Å²) in [5.41, 5.74) is 0.630. The summed E-state index contributed by atoms with van der Waals surface area (Å²) >= 11 is 5.46. The smallest absolute Gasteiger partial charge is 0.273 e. The third-order valence-electron chi connectivity index (χ3n) is 3.84. The van der Waals surface area contributed by atoms with E-state index in [0.717, 1.165) is 39.1 Å². The van der Waals surface area contributed by atoms with Crippen molar-refractivity contribution in [2.24, 2.45) is 0 Å². The number of methoxy groups -OCH3 is 1. The highest BCUT2D eigenvalue weighted by atomic mass is 79.9. The first-order valence-corrected chi connectivity index (χ1v) is 8.06. The largest absolute Gasteiger partial charge is 0.494 e. The van der Waals surface area contributed by atoms with Crippen LogP contribution in [0, 0.1) is 10.1 Å². The van der Waals surface area contributed by atoms with Gasteiger partial charge < -0.3 is 15.0 Å². The molecule has 0 aliphatic carbocycles. The molecule has 0 bridgehead atoms. The van der Waals surface area contributed by atoms with E-state index in [1.54, 1.807) is 6.07 Å². The summed E-state index contributed by atoms with van der Waals surface area (Å²) in [7, 11) is 1.48. The Bertz CT molecular complexity index is 580. The lowest BCUT2D eigenvalue weighted by Crippen LogP contribution is -2.50. The van der Waals surface area contributed by atoms with Gasteiger partial charge in [-0.05, 0) is 31.2 Å². The Labute approximate surface area is 157 Å². The topological polar surface area (TPSA) is 70.9 Å². The lowest BCUT2D eigenvalue weighted by molar-refractivity contribution is -0.384. The van der Waals surface area contributed by atoms with Gasteiger partial charge in [0.25, 0.3) is 5.69 Å². The quantitative estimate of drug-likeness (QED) is 0.447. The predicted octanol–water partition coefficient (Wildman–Crippen LogP) is 2.91. The van der Waals surface area contributed by atoms with E-state index >= 15 is 0 Å². The van der Waals surface area contributed by atoms with Crippen molar-refractivity contribution >= 4 is 45.7 Å². The molecule has 9 heteroatoms. The monoisotopic (exact) mass is 418 g/mol. The van der Waals surface area contributed by atoms with E-state index in [-0.39, 0.29) is 22.7 Å². The molecule has 1 heterocycles. The van der Waals surface area contributed by atoms with E-state index in [1.165, 1.54) is 19.2 Å². The van der Waals surface area contributed by atoms with Gasteiger partial charge in [-0.25, -0.2) is 0 Å². The van der Waals surface area contributed by atoms with Crippen molar-refractivity contribution < 1.29 is 9.66 Å². The molecule has 2 rings (SSSR count). The average molecular weight is 419 g/mol. The van der Waals surface area contributed by atoms with E-state index < -0.39 is 4.92 Å². The first-order chi connectivity index (χ1) is 11.0. The number of rotatable bonds is 5. The van der Waals surface area contributed by atoms with E-state index in [4.69, 9.17) is 17.0 Å². The number of piperazine rings is 1. The second kappa shape index (κ2) is 9.75. The number of nitrogens with one attached hydrogen (secondary N) is 1. The molecule has 1 N–H and O–H groups in total. The Hall–Kier alpha value is -1.45. The lowest BCUT2D eigenvalue weighted by Gasteiger charge is -2.36. The van der Waals surface area contributed by atoms with E-state index in [0.29, 0.717) is 16.5 Å². The van der Waals surface area contributed by atoms with Crippen LogP contribution < -0.4 is 10.1 Å². The zero-order valence-corrected chi connectivity index (χ0v) is 16.4. The van der Waals surface area contributed by atoms with E-state index in [9.17, 15) is 10.1 Å². The SMILES string of the molecule is Br.CCCN1CCN(C(=S)Nc2ccc([N+](=O)[O-])cc2OC)CC1. The Balaban J connectivity index is 0.00000288. The van der Waals surface area contributed by atoms with E-state index in [1.807, 2.05) is 0 Å². The minimum atomic E-state index is -0.447. The van der Waals surface area contributed by atoms with Crippen LogP contribution in [-0.2, 0) is 0 Å². The molecule has 0 radical (unpaired) electrons. The first kappa shape index (κ1) is 20.6. The molecule has 0 amide bonds. The highest BCUT2D eigenvalue weighted by Gasteiger charge is 2.19. The normalized spacial score (nSPS) is 14.7. The first-order valence-electron chi connectivity index (χ1n) is 7.66. The van der Waals surface area contributed by atoms with Crippen LogP contribution in [0.5, 0.6) is 5.75 Å². The molecule has 134 valence electrons. The van der Waals surface area contributed by atoms with Gasteiger partial charge in [-0.15, -0.1) is 17.0 Å². The molecule has 0 spiro atoms. The number of non-ortho nitro benzene ring substituents is 1. The number of anilines is 1. The maximum Gasteiger partial charge on any atom is 0.273 e. The van der Waals surface area contributed by atoms with Gasteiger partial charge in [-0.1, -0.05) is 6.92 Å². The van der Waals surface area contributed by atoms with Crippen molar-refractivity contribution in [2.75, 3.05) is 45.2 Å². The van der Waals surface area contributed by atoms with Gasteiger partial charge in [0.1, 0.15) is 5.75 Å². The summed E-state index contributed by atoms with van der Waals surface area (Å²) in [4.78, 5) is 14.9. The van der Waals surface area contributed by atoms with Gasteiger partial charge in [-0.3, -0.25) is 15.0 Å². The highest BCUT2D eigenvalue weighted by Crippen LogP contribution is 2.29. The van der Waals surface area contributed by atoms with Gasteiger partial charge in [0.05, 0.1) is 23.8 Å². The van der Waals surface area contributed by atoms with Crippen LogP contribution in [0.1, 0.15) is 13.3 Å². The lowest BCUT2D eigenvalue weighted by atomic mass is 10.2. The number of halogens is 1. The fourth-order valence-electron chi connectivity index (χ4n) is 2.58. The van der Waals surface area contributed by atoms with Crippen LogP contribution in [0.25, 0.3) is 0 Å². The van der Waals surface area contributed by atoms with Crippen LogP contribution in [0.15, 0.2) is 18.2 Å². The molecule has 0 atom stereocenters. The van der Waals surface area contributed by atoms with Crippen molar-refractivity contribution in [3.63, 3.8) is 0 Å². The van der Waals surface area contributed by atoms with Crippen molar-refractivity contribution in [1.29, 1.82) is 0 Å². The maximum absolute atomic E-state index is 10.8. The van der Waals surface area contributed by atoms with Gasteiger partial charge in [0, 0.05) is 32.2 Å². The molecule has 7 nitrogen and oxygen atoms in total. The molecule has 1 aliphatic heterocycles. The summed E-state index contributed by atoms with van der Waals surface area (Å²) in [5.74, 6) is 0.408. The van der Waals surface area contributed by atoms with Crippen LogP contribution in [0.3, 0.4) is 0 Å². The van der Waals surface area contributed by atoms with Gasteiger partial charge in [-0.2, -0.15) is 0 Å². The Morgan fingerprint density at radius 1 is 1.38 bits per heavy atom. The van der Waals surface area contributed by atoms with Crippen LogP contribution in [0.4, 0.5) is 11.4 Å². The summed E-state index contributed by atoms with van der Waals surface area (Å²) in [5, 5.41) is 14.6. The zero-order chi connectivity index (χ0) is 16.8. The molecular formula is C15H23BrN4O3S. The minimum Gasteiger partial charge on any atom is -0.494 e. The van der Waals surface area contributed by atoms with E-state index in [2.05, 4.69) is 22.0 Å². The Kier molecular flexibility index (Phi) is 8.37. The van der Waals surface area contributed by atoms with Crippen LogP contribution in [0.2, 0.25) is 0 Å². The average Bonchev–Trinajstić information content (AvgIpc) is 2.56. The molecule has 1 aliphatic rings. The molecule has 0 aromatic heterocycles. The second-order valence-electron chi connectivity index (χ2n) is 5.40. The molecule has 1 aromatic carbocycles. The number of hydrogen-bond acceptors (Lipinski definition) is 5. The minimum absolute atomic E-state index is 0. The van der Waals surface area contributed by atoms with Crippen molar-refractivity contribution in [3.8, 4) is 5.75 Å². The molecule has 0 unspecified atom stereocenters. The molecule has 1 fully saturated rings. The third kappa shape index (κ3) is 5.29. The number of nitro groups is 1. The van der Waals surface area contributed by atoms with Crippen molar-refractivity contribution in [2.45, 2.75) is 13.3 Å². The van der Waals surface area contributed by atoms with Gasteiger partial charge in [0.15, 0.2) is 5.11 Å². The Morgan fingerprint density at radius 2 is 2.04 bits per heavy atom. The fourth-order valence-corrected chi connectivity index (χ4v) is 2.87. The molecular weight excluding hydrogens is 396 g/mol. The number of hydrogen-bond donors (Lipinski definition) is 1. The molecule has 0 saturated carbocycles. The molecule has 1 aromatic rings. The summed E-state index contributed by atoms with van der Waals surface area (Å²) in [6.07, 6.45) is 1.16. The number of benzene rings is 1. The number of thiocarbonyl (C=S) groups is 1. The van der Waals surface area contributed by atoms with Gasteiger partial charge >= 0.3 is 0 Å². The van der Waals surface area contributed by atoms with Crippen molar-refractivity contribution in [1.82, 2.24) is 9.80 Å². The van der Waals surface area contributed by atoms with Gasteiger partial charge in [0.2, 0.25) is 0 Å². The standard InChI is InChI=1S/C15H22N4O3S.BrH/c1-3-6-17-7-9-18(10-8-17)15(23)16-13-5-4-12(19(20)21)11-14(13)22-2;/h4-5,11H,3,6-10H2,1-2H3,(H,16,23);1H. The third-order valence-corrected chi connectivity index (χ3v) is 4.20. The molecule has 24 heavy (non-hydrogen) atoms.